The largest absolute Gasteiger partial charge is 0.497 e. The highest BCUT2D eigenvalue weighted by Crippen LogP contribution is 2.42. The van der Waals surface area contributed by atoms with Crippen LogP contribution in [0.15, 0.2) is 48.5 Å². The van der Waals surface area contributed by atoms with Crippen LogP contribution in [-0.2, 0) is 14.3 Å². The summed E-state index contributed by atoms with van der Waals surface area (Å²) in [7, 11) is 4.75. The Hall–Kier alpha value is -3.28. The molecule has 6 nitrogen and oxygen atoms in total. The molecule has 0 aliphatic heterocycles. The molecule has 2 aromatic rings. The molecule has 158 valence electrons. The minimum Gasteiger partial charge on any atom is -0.497 e. The minimum atomic E-state index is -0.880. The number of hydrogen-bond acceptors (Lipinski definition) is 6. The van der Waals surface area contributed by atoms with Crippen LogP contribution >= 0.6 is 0 Å². The monoisotopic (exact) mass is 410 g/mol. The van der Waals surface area contributed by atoms with Gasteiger partial charge in [0, 0.05) is 12.0 Å². The smallest absolute Gasteiger partial charge is 0.317 e. The Balaban J connectivity index is 2.04. The van der Waals surface area contributed by atoms with E-state index in [2.05, 4.69) is 0 Å². The van der Waals surface area contributed by atoms with Crippen LogP contribution in [0, 0.1) is 5.92 Å². The van der Waals surface area contributed by atoms with Crippen molar-refractivity contribution in [2.45, 2.75) is 19.3 Å². The molecule has 2 atom stereocenters. The van der Waals surface area contributed by atoms with Crippen molar-refractivity contribution in [2.75, 3.05) is 27.9 Å². The molecule has 0 unspecified atom stereocenters. The fourth-order valence-electron chi connectivity index (χ4n) is 3.74. The van der Waals surface area contributed by atoms with Gasteiger partial charge in [-0.05, 0) is 60.4 Å². The third kappa shape index (κ3) is 4.48. The van der Waals surface area contributed by atoms with Gasteiger partial charge >= 0.3 is 5.97 Å². The Morgan fingerprint density at radius 1 is 0.933 bits per heavy atom. The molecular formula is C24H26O6. The van der Waals surface area contributed by atoms with E-state index >= 15 is 0 Å². The highest BCUT2D eigenvalue weighted by atomic mass is 16.5. The molecule has 0 amide bonds. The highest BCUT2D eigenvalue weighted by molar-refractivity contribution is 6.10. The summed E-state index contributed by atoms with van der Waals surface area (Å²) < 4.78 is 21.2. The second-order valence-electron chi connectivity index (χ2n) is 6.99. The molecule has 0 radical (unpaired) electrons. The Morgan fingerprint density at radius 3 is 2.07 bits per heavy atom. The summed E-state index contributed by atoms with van der Waals surface area (Å²) in [5.41, 5.74) is 2.52. The number of allylic oxidation sites excluding steroid dienone is 2. The Labute approximate surface area is 176 Å². The van der Waals surface area contributed by atoms with Crippen molar-refractivity contribution in [1.82, 2.24) is 0 Å². The number of benzene rings is 2. The van der Waals surface area contributed by atoms with Gasteiger partial charge in [0.25, 0.3) is 0 Å². The van der Waals surface area contributed by atoms with Gasteiger partial charge in [0.2, 0.25) is 0 Å². The predicted molar refractivity (Wildman–Crippen MR) is 113 cm³/mol. The molecule has 0 aromatic heterocycles. The molecule has 0 saturated carbocycles. The molecule has 1 aliphatic rings. The topological polar surface area (TPSA) is 71.1 Å². The van der Waals surface area contributed by atoms with Crippen molar-refractivity contribution in [1.29, 1.82) is 0 Å². The Kier molecular flexibility index (Phi) is 6.77. The van der Waals surface area contributed by atoms with Crippen LogP contribution in [0.25, 0.3) is 5.57 Å². The summed E-state index contributed by atoms with van der Waals surface area (Å²) in [4.78, 5) is 25.7. The van der Waals surface area contributed by atoms with Gasteiger partial charge in [0.1, 0.15) is 23.2 Å². The number of hydrogen-bond donors (Lipinski definition) is 0. The number of carbonyl (C=O) groups is 2. The molecule has 0 heterocycles. The number of methoxy groups -OCH3 is 3. The zero-order valence-electron chi connectivity index (χ0n) is 17.6. The van der Waals surface area contributed by atoms with E-state index < -0.39 is 11.9 Å². The lowest BCUT2D eigenvalue weighted by atomic mass is 9.73. The first-order chi connectivity index (χ1) is 14.5. The SMILES string of the molecule is CCOC(=O)[C@@H]1C(=O)C=C(c2cc(OC)cc(OC)c2)C[C@H]1c1ccc(OC)cc1. The van der Waals surface area contributed by atoms with Gasteiger partial charge in [0.15, 0.2) is 5.78 Å². The summed E-state index contributed by atoms with van der Waals surface area (Å²) in [6, 6.07) is 12.9. The lowest BCUT2D eigenvalue weighted by molar-refractivity contribution is -0.151. The predicted octanol–water partition coefficient (Wildman–Crippen LogP) is 4.03. The van der Waals surface area contributed by atoms with Crippen molar-refractivity contribution in [2.24, 2.45) is 5.92 Å². The van der Waals surface area contributed by atoms with E-state index in [1.807, 2.05) is 36.4 Å². The normalized spacial score (nSPS) is 18.4. The lowest BCUT2D eigenvalue weighted by Crippen LogP contribution is -2.34. The van der Waals surface area contributed by atoms with E-state index in [0.717, 1.165) is 16.7 Å². The second kappa shape index (κ2) is 9.48. The number of carbonyl (C=O) groups excluding carboxylic acids is 2. The minimum absolute atomic E-state index is 0.224. The van der Waals surface area contributed by atoms with E-state index in [4.69, 9.17) is 18.9 Å². The molecule has 0 saturated heterocycles. The van der Waals surface area contributed by atoms with Gasteiger partial charge in [0.05, 0.1) is 27.9 Å². The average Bonchev–Trinajstić information content (AvgIpc) is 2.78. The average molecular weight is 410 g/mol. The van der Waals surface area contributed by atoms with Crippen molar-refractivity contribution in [3.63, 3.8) is 0 Å². The zero-order chi connectivity index (χ0) is 21.7. The highest BCUT2D eigenvalue weighted by Gasteiger charge is 2.39. The van der Waals surface area contributed by atoms with E-state index in [0.29, 0.717) is 23.7 Å². The molecule has 0 spiro atoms. The fourth-order valence-corrected chi connectivity index (χ4v) is 3.74. The summed E-state index contributed by atoms with van der Waals surface area (Å²) in [6.45, 7) is 1.96. The van der Waals surface area contributed by atoms with Crippen LogP contribution in [0.1, 0.15) is 30.4 Å². The van der Waals surface area contributed by atoms with E-state index in [1.54, 1.807) is 34.3 Å². The molecule has 2 aromatic carbocycles. The van der Waals surface area contributed by atoms with E-state index in [-0.39, 0.29) is 18.3 Å². The lowest BCUT2D eigenvalue weighted by Gasteiger charge is -2.29. The second-order valence-corrected chi connectivity index (χ2v) is 6.99. The number of rotatable bonds is 7. The number of esters is 1. The summed E-state index contributed by atoms with van der Waals surface area (Å²) >= 11 is 0. The number of ketones is 1. The summed E-state index contributed by atoms with van der Waals surface area (Å²) in [6.07, 6.45) is 2.04. The van der Waals surface area contributed by atoms with Gasteiger partial charge in [-0.3, -0.25) is 9.59 Å². The van der Waals surface area contributed by atoms with E-state index in [1.165, 1.54) is 6.08 Å². The van der Waals surface area contributed by atoms with Crippen molar-refractivity contribution < 1.29 is 28.5 Å². The Morgan fingerprint density at radius 2 is 1.53 bits per heavy atom. The maximum atomic E-state index is 13.0. The quantitative estimate of drug-likeness (QED) is 0.507. The molecule has 3 rings (SSSR count). The molecule has 30 heavy (non-hydrogen) atoms. The van der Waals surface area contributed by atoms with Crippen LogP contribution < -0.4 is 14.2 Å². The molecule has 0 fully saturated rings. The molecule has 6 heteroatoms. The number of ether oxygens (including phenoxy) is 4. The summed E-state index contributed by atoms with van der Waals surface area (Å²) in [5.74, 6) is -0.0207. The van der Waals surface area contributed by atoms with Gasteiger partial charge in [-0.2, -0.15) is 0 Å². The van der Waals surface area contributed by atoms with Crippen LogP contribution in [-0.4, -0.2) is 39.7 Å². The molecule has 0 N–H and O–H groups in total. The Bertz CT molecular complexity index is 922. The first kappa shape index (κ1) is 21.4. The molecule has 0 bridgehead atoms. The van der Waals surface area contributed by atoms with Gasteiger partial charge < -0.3 is 18.9 Å². The van der Waals surface area contributed by atoms with Crippen molar-refractivity contribution in [3.05, 3.63) is 59.7 Å². The molecular weight excluding hydrogens is 384 g/mol. The first-order valence-corrected chi connectivity index (χ1v) is 9.79. The van der Waals surface area contributed by atoms with Gasteiger partial charge in [-0.1, -0.05) is 12.1 Å². The van der Waals surface area contributed by atoms with Gasteiger partial charge in [-0.25, -0.2) is 0 Å². The standard InChI is InChI=1S/C24H26O6/c1-5-30-24(26)23-21(15-6-8-18(27-2)9-7-15)12-17(13-22(23)25)16-10-19(28-3)14-20(11-16)29-4/h6-11,13-14,21,23H,5,12H2,1-4H3/t21-,23-/m0/s1. The van der Waals surface area contributed by atoms with Crippen molar-refractivity contribution in [3.8, 4) is 17.2 Å². The van der Waals surface area contributed by atoms with Crippen LogP contribution in [0.2, 0.25) is 0 Å². The maximum absolute atomic E-state index is 13.0. The van der Waals surface area contributed by atoms with Crippen LogP contribution in [0.3, 0.4) is 0 Å². The third-order valence-electron chi connectivity index (χ3n) is 5.27. The van der Waals surface area contributed by atoms with Crippen LogP contribution in [0.5, 0.6) is 17.2 Å². The van der Waals surface area contributed by atoms with E-state index in [9.17, 15) is 9.59 Å². The maximum Gasteiger partial charge on any atom is 0.317 e. The van der Waals surface area contributed by atoms with Crippen LogP contribution in [0.4, 0.5) is 0 Å². The first-order valence-electron chi connectivity index (χ1n) is 9.79. The van der Waals surface area contributed by atoms with Crippen molar-refractivity contribution >= 4 is 17.3 Å². The van der Waals surface area contributed by atoms with Gasteiger partial charge in [-0.15, -0.1) is 0 Å². The third-order valence-corrected chi connectivity index (χ3v) is 5.27. The molecule has 1 aliphatic carbocycles. The summed E-state index contributed by atoms with van der Waals surface area (Å²) in [5, 5.41) is 0. The zero-order valence-corrected chi connectivity index (χ0v) is 17.6. The fraction of sp³-hybridized carbons (Fsp3) is 0.333.